The van der Waals surface area contributed by atoms with Crippen LogP contribution in [0.4, 0.5) is 10.3 Å². The van der Waals surface area contributed by atoms with E-state index in [1.54, 1.807) is 18.2 Å². The Hall–Kier alpha value is -3.46. The fourth-order valence-corrected chi connectivity index (χ4v) is 4.07. The minimum Gasteiger partial charge on any atom is -0.379 e. The number of carbonyl (C=O) groups is 1. The van der Waals surface area contributed by atoms with E-state index >= 15 is 0 Å². The largest absolute Gasteiger partial charge is 0.379 e. The van der Waals surface area contributed by atoms with E-state index in [1.165, 1.54) is 12.1 Å². The van der Waals surface area contributed by atoms with Crippen LogP contribution < -0.4 is 5.32 Å². The van der Waals surface area contributed by atoms with Gasteiger partial charge in [-0.15, -0.1) is 0 Å². The Kier molecular flexibility index (Phi) is 6.44. The van der Waals surface area contributed by atoms with Crippen molar-refractivity contribution in [2.24, 2.45) is 0 Å². The maximum atomic E-state index is 13.8. The average Bonchev–Trinajstić information content (AvgIpc) is 2.85. The molecule has 0 radical (unpaired) electrons. The van der Waals surface area contributed by atoms with E-state index in [0.717, 1.165) is 5.56 Å². The van der Waals surface area contributed by atoms with Crippen LogP contribution in [0.25, 0.3) is 33.4 Å². The van der Waals surface area contributed by atoms with Gasteiger partial charge >= 0.3 is 0 Å². The highest BCUT2D eigenvalue weighted by molar-refractivity contribution is 6.32. The maximum Gasteiger partial charge on any atom is 0.240 e. The van der Waals surface area contributed by atoms with Crippen molar-refractivity contribution < 1.29 is 13.9 Å². The SMILES string of the molecule is O=C(CN1CCOCC1)Nc1nc(-c2ccccc2)cc(-c2cc3cc(F)ccc3nc2Cl)n1. The summed E-state index contributed by atoms with van der Waals surface area (Å²) >= 11 is 6.49. The number of fused-ring (bicyclic) bond motifs is 1. The molecule has 4 aromatic rings. The van der Waals surface area contributed by atoms with E-state index in [9.17, 15) is 9.18 Å². The molecule has 1 aliphatic rings. The van der Waals surface area contributed by atoms with E-state index in [4.69, 9.17) is 16.3 Å². The lowest BCUT2D eigenvalue weighted by Gasteiger charge is -2.25. The molecule has 0 unspecified atom stereocenters. The standard InChI is InChI=1S/C25H21ClFN5O2/c26-24-19(13-17-12-18(27)6-7-20(17)28-24)22-14-21(16-4-2-1-3-5-16)29-25(30-22)31-23(33)15-32-8-10-34-11-9-32/h1-7,12-14H,8-11,15H2,(H,29,30,31,33). The first-order valence-electron chi connectivity index (χ1n) is 10.9. The molecule has 1 saturated heterocycles. The Morgan fingerprint density at radius 1 is 1.00 bits per heavy atom. The zero-order valence-electron chi connectivity index (χ0n) is 18.2. The molecule has 0 atom stereocenters. The van der Waals surface area contributed by atoms with Gasteiger partial charge in [0, 0.05) is 29.6 Å². The smallest absolute Gasteiger partial charge is 0.240 e. The van der Waals surface area contributed by atoms with Crippen LogP contribution in [0.2, 0.25) is 5.15 Å². The number of benzene rings is 2. The number of halogens is 2. The van der Waals surface area contributed by atoms with Crippen molar-refractivity contribution in [2.45, 2.75) is 0 Å². The lowest BCUT2D eigenvalue weighted by atomic mass is 10.1. The van der Waals surface area contributed by atoms with Gasteiger partial charge in [0.05, 0.1) is 36.7 Å². The second-order valence-electron chi connectivity index (χ2n) is 7.93. The number of morpholine rings is 1. The van der Waals surface area contributed by atoms with Crippen molar-refractivity contribution in [3.63, 3.8) is 0 Å². The molecule has 172 valence electrons. The van der Waals surface area contributed by atoms with Gasteiger partial charge in [0.1, 0.15) is 11.0 Å². The first-order chi connectivity index (χ1) is 16.5. The highest BCUT2D eigenvalue weighted by Crippen LogP contribution is 2.32. The first-order valence-corrected chi connectivity index (χ1v) is 11.2. The Balaban J connectivity index is 1.53. The molecule has 3 heterocycles. The molecule has 2 aromatic heterocycles. The van der Waals surface area contributed by atoms with Crippen molar-refractivity contribution >= 4 is 34.4 Å². The summed E-state index contributed by atoms with van der Waals surface area (Å²) in [7, 11) is 0. The number of hydrogen-bond donors (Lipinski definition) is 1. The number of amides is 1. The molecule has 34 heavy (non-hydrogen) atoms. The molecule has 1 amide bonds. The summed E-state index contributed by atoms with van der Waals surface area (Å²) in [5, 5.41) is 3.63. The van der Waals surface area contributed by atoms with Gasteiger partial charge in [0.15, 0.2) is 0 Å². The highest BCUT2D eigenvalue weighted by Gasteiger charge is 2.17. The Morgan fingerprint density at radius 3 is 2.56 bits per heavy atom. The van der Waals surface area contributed by atoms with Crippen LogP contribution in [-0.2, 0) is 9.53 Å². The van der Waals surface area contributed by atoms with Crippen molar-refractivity contribution in [1.29, 1.82) is 0 Å². The molecular formula is C25H21ClFN5O2. The third-order valence-electron chi connectivity index (χ3n) is 5.52. The van der Waals surface area contributed by atoms with E-state index < -0.39 is 0 Å². The van der Waals surface area contributed by atoms with Crippen LogP contribution in [0.15, 0.2) is 60.7 Å². The van der Waals surface area contributed by atoms with Gasteiger partial charge in [-0.05, 0) is 30.3 Å². The van der Waals surface area contributed by atoms with E-state index in [-0.39, 0.29) is 29.4 Å². The van der Waals surface area contributed by atoms with E-state index in [2.05, 4.69) is 20.3 Å². The maximum absolute atomic E-state index is 13.8. The van der Waals surface area contributed by atoms with Crippen LogP contribution in [0, 0.1) is 5.82 Å². The van der Waals surface area contributed by atoms with Gasteiger partial charge in [0.2, 0.25) is 11.9 Å². The summed E-state index contributed by atoms with van der Waals surface area (Å²) in [6, 6.07) is 17.4. The summed E-state index contributed by atoms with van der Waals surface area (Å²) in [6.07, 6.45) is 0. The Morgan fingerprint density at radius 2 is 1.76 bits per heavy atom. The number of rotatable bonds is 5. The van der Waals surface area contributed by atoms with Crippen molar-refractivity contribution in [2.75, 3.05) is 38.2 Å². The number of aromatic nitrogens is 3. The normalized spacial score (nSPS) is 14.3. The minimum atomic E-state index is -0.369. The molecule has 9 heteroatoms. The molecule has 0 saturated carbocycles. The van der Waals surface area contributed by atoms with Gasteiger partial charge in [-0.1, -0.05) is 41.9 Å². The summed E-state index contributed by atoms with van der Waals surface area (Å²) in [4.78, 5) is 28.2. The quantitative estimate of drug-likeness (QED) is 0.428. The second-order valence-corrected chi connectivity index (χ2v) is 8.29. The fourth-order valence-electron chi connectivity index (χ4n) is 3.83. The van der Waals surface area contributed by atoms with Gasteiger partial charge < -0.3 is 4.74 Å². The summed E-state index contributed by atoms with van der Waals surface area (Å²) in [5.74, 6) is -0.431. The average molecular weight is 478 g/mol. The summed E-state index contributed by atoms with van der Waals surface area (Å²) in [6.45, 7) is 2.81. The molecule has 1 N–H and O–H groups in total. The first kappa shape index (κ1) is 22.3. The van der Waals surface area contributed by atoms with E-state index in [0.29, 0.717) is 54.2 Å². The summed E-state index contributed by atoms with van der Waals surface area (Å²) < 4.78 is 19.1. The third kappa shape index (κ3) is 5.04. The van der Waals surface area contributed by atoms with Crippen molar-refractivity contribution in [1.82, 2.24) is 19.9 Å². The number of nitrogens with zero attached hydrogens (tertiary/aromatic N) is 4. The van der Waals surface area contributed by atoms with Crippen molar-refractivity contribution in [3.8, 4) is 22.5 Å². The number of anilines is 1. The molecular weight excluding hydrogens is 457 g/mol. The number of pyridine rings is 1. The van der Waals surface area contributed by atoms with Crippen LogP contribution in [0.1, 0.15) is 0 Å². The molecule has 0 bridgehead atoms. The minimum absolute atomic E-state index is 0.157. The molecule has 1 aliphatic heterocycles. The predicted molar refractivity (Wildman–Crippen MR) is 129 cm³/mol. The zero-order chi connectivity index (χ0) is 23.5. The van der Waals surface area contributed by atoms with Gasteiger partial charge in [-0.3, -0.25) is 15.0 Å². The van der Waals surface area contributed by atoms with Gasteiger partial charge in [-0.2, -0.15) is 0 Å². The van der Waals surface area contributed by atoms with Crippen LogP contribution in [0.5, 0.6) is 0 Å². The molecule has 7 nitrogen and oxygen atoms in total. The lowest BCUT2D eigenvalue weighted by Crippen LogP contribution is -2.41. The number of ether oxygens (including phenoxy) is 1. The number of hydrogen-bond acceptors (Lipinski definition) is 6. The predicted octanol–water partition coefficient (Wildman–Crippen LogP) is 4.42. The highest BCUT2D eigenvalue weighted by atomic mass is 35.5. The summed E-state index contributed by atoms with van der Waals surface area (Å²) in [5.41, 5.74) is 3.03. The Bertz CT molecular complexity index is 1350. The van der Waals surface area contributed by atoms with Gasteiger partial charge in [0.25, 0.3) is 0 Å². The monoisotopic (exact) mass is 477 g/mol. The number of nitrogens with one attached hydrogen (secondary N) is 1. The molecule has 0 aliphatic carbocycles. The van der Waals surface area contributed by atoms with Crippen LogP contribution >= 0.6 is 11.6 Å². The van der Waals surface area contributed by atoms with Crippen LogP contribution in [-0.4, -0.2) is 58.6 Å². The third-order valence-corrected chi connectivity index (χ3v) is 5.81. The van der Waals surface area contributed by atoms with E-state index in [1.807, 2.05) is 35.2 Å². The van der Waals surface area contributed by atoms with Crippen LogP contribution in [0.3, 0.4) is 0 Å². The zero-order valence-corrected chi connectivity index (χ0v) is 18.9. The molecule has 5 rings (SSSR count). The molecule has 0 spiro atoms. The van der Waals surface area contributed by atoms with Crippen molar-refractivity contribution in [3.05, 3.63) is 71.6 Å². The van der Waals surface area contributed by atoms with Gasteiger partial charge in [-0.25, -0.2) is 19.3 Å². The topological polar surface area (TPSA) is 80.2 Å². The second kappa shape index (κ2) is 9.80. The molecule has 2 aromatic carbocycles. The Labute approximate surface area is 200 Å². The number of carbonyl (C=O) groups excluding carboxylic acids is 1. The lowest BCUT2D eigenvalue weighted by molar-refractivity contribution is -0.118. The fraction of sp³-hybridized carbons (Fsp3) is 0.200. The molecule has 1 fully saturated rings.